The number of amides is 1. The van der Waals surface area contributed by atoms with Crippen molar-refractivity contribution in [2.24, 2.45) is 0 Å². The zero-order valence-corrected chi connectivity index (χ0v) is 14.6. The quantitative estimate of drug-likeness (QED) is 0.629. The van der Waals surface area contributed by atoms with Crippen LogP contribution in [0.2, 0.25) is 0 Å². The van der Waals surface area contributed by atoms with Crippen molar-refractivity contribution in [1.82, 2.24) is 4.98 Å². The van der Waals surface area contributed by atoms with Gasteiger partial charge in [0.25, 0.3) is 0 Å². The predicted molar refractivity (Wildman–Crippen MR) is 97.3 cm³/mol. The van der Waals surface area contributed by atoms with E-state index in [1.165, 1.54) is 30.0 Å². The second-order valence-electron chi connectivity index (χ2n) is 5.67. The van der Waals surface area contributed by atoms with Crippen molar-refractivity contribution in [1.29, 1.82) is 0 Å². The molecule has 0 aliphatic rings. The molecule has 0 aliphatic heterocycles. The van der Waals surface area contributed by atoms with Crippen molar-refractivity contribution in [2.75, 3.05) is 11.1 Å². The Morgan fingerprint density at radius 1 is 1.12 bits per heavy atom. The average Bonchev–Trinajstić information content (AvgIpc) is 2.60. The van der Waals surface area contributed by atoms with Crippen molar-refractivity contribution in [3.05, 3.63) is 65.7 Å². The molecular weight excluding hydrogens is 361 g/mol. The summed E-state index contributed by atoms with van der Waals surface area (Å²) in [6.07, 6.45) is -4.52. The van der Waals surface area contributed by atoms with Gasteiger partial charge in [-0.25, -0.2) is 4.98 Å². The average molecular weight is 376 g/mol. The number of alkyl halides is 3. The third-order valence-corrected chi connectivity index (χ3v) is 4.67. The van der Waals surface area contributed by atoms with Gasteiger partial charge in [-0.1, -0.05) is 42.1 Å². The number of aromatic nitrogens is 1. The Labute approximate surface area is 152 Å². The molecule has 134 valence electrons. The number of rotatable bonds is 4. The summed E-state index contributed by atoms with van der Waals surface area (Å²) in [4.78, 5) is 16.6. The van der Waals surface area contributed by atoms with Gasteiger partial charge in [0.05, 0.1) is 27.5 Å². The highest BCUT2D eigenvalue weighted by Gasteiger charge is 2.33. The third kappa shape index (κ3) is 4.16. The van der Waals surface area contributed by atoms with Gasteiger partial charge in [0.1, 0.15) is 0 Å². The molecule has 0 saturated heterocycles. The molecule has 1 amide bonds. The Bertz CT molecular complexity index is 957. The molecule has 0 bridgehead atoms. The summed E-state index contributed by atoms with van der Waals surface area (Å²) < 4.78 is 38.9. The molecule has 3 rings (SSSR count). The largest absolute Gasteiger partial charge is 0.418 e. The van der Waals surface area contributed by atoms with Gasteiger partial charge in [-0.3, -0.25) is 4.79 Å². The van der Waals surface area contributed by atoms with Crippen LogP contribution in [0.25, 0.3) is 10.9 Å². The minimum absolute atomic E-state index is 0.0308. The van der Waals surface area contributed by atoms with E-state index in [0.717, 1.165) is 22.5 Å². The highest BCUT2D eigenvalue weighted by molar-refractivity contribution is 7.99. The van der Waals surface area contributed by atoms with E-state index >= 15 is 0 Å². The normalized spacial score (nSPS) is 11.5. The Morgan fingerprint density at radius 3 is 2.58 bits per heavy atom. The van der Waals surface area contributed by atoms with Gasteiger partial charge in [0.2, 0.25) is 5.91 Å². The molecule has 0 saturated carbocycles. The number of hydrogen-bond acceptors (Lipinski definition) is 3. The van der Waals surface area contributed by atoms with E-state index in [9.17, 15) is 18.0 Å². The molecule has 1 heterocycles. The number of nitrogens with one attached hydrogen (secondary N) is 1. The molecule has 1 aromatic heterocycles. The number of hydrogen-bond donors (Lipinski definition) is 1. The van der Waals surface area contributed by atoms with Crippen LogP contribution in [0.4, 0.5) is 18.9 Å². The standard InChI is InChI=1S/C19H15F3N2OS/c1-12-10-18(24-15-8-4-2-6-13(12)15)26-11-17(25)23-16-9-5-3-7-14(16)19(20,21)22/h2-10H,11H2,1H3,(H,23,25). The van der Waals surface area contributed by atoms with E-state index in [4.69, 9.17) is 0 Å². The Kier molecular flexibility index (Phi) is 5.18. The zero-order valence-electron chi connectivity index (χ0n) is 13.8. The highest BCUT2D eigenvalue weighted by atomic mass is 32.2. The number of benzene rings is 2. The van der Waals surface area contributed by atoms with Gasteiger partial charge in [-0.05, 0) is 36.8 Å². The van der Waals surface area contributed by atoms with Crippen LogP contribution in [0.5, 0.6) is 0 Å². The number of pyridine rings is 1. The van der Waals surface area contributed by atoms with E-state index in [1.807, 2.05) is 37.3 Å². The first kappa shape index (κ1) is 18.3. The van der Waals surface area contributed by atoms with Gasteiger partial charge < -0.3 is 5.32 Å². The van der Waals surface area contributed by atoms with E-state index in [-0.39, 0.29) is 11.4 Å². The molecule has 3 aromatic rings. The number of thioether (sulfide) groups is 1. The molecule has 0 fully saturated rings. The number of fused-ring (bicyclic) bond motifs is 1. The number of para-hydroxylation sites is 2. The smallest absolute Gasteiger partial charge is 0.325 e. The van der Waals surface area contributed by atoms with Crippen molar-refractivity contribution in [2.45, 2.75) is 18.1 Å². The lowest BCUT2D eigenvalue weighted by molar-refractivity contribution is -0.137. The maximum atomic E-state index is 13.0. The summed E-state index contributed by atoms with van der Waals surface area (Å²) in [7, 11) is 0. The summed E-state index contributed by atoms with van der Waals surface area (Å²) in [5.41, 5.74) is 0.741. The van der Waals surface area contributed by atoms with E-state index in [1.54, 1.807) is 0 Å². The maximum absolute atomic E-state index is 13.0. The van der Waals surface area contributed by atoms with Crippen molar-refractivity contribution in [3.63, 3.8) is 0 Å². The number of aryl methyl sites for hydroxylation is 1. The Morgan fingerprint density at radius 2 is 1.81 bits per heavy atom. The van der Waals surface area contributed by atoms with Gasteiger partial charge in [-0.15, -0.1) is 0 Å². The molecule has 7 heteroatoms. The predicted octanol–water partition coefficient (Wildman–Crippen LogP) is 5.29. The fourth-order valence-electron chi connectivity index (χ4n) is 2.56. The minimum Gasteiger partial charge on any atom is -0.325 e. The SMILES string of the molecule is Cc1cc(SCC(=O)Nc2ccccc2C(F)(F)F)nc2ccccc12. The van der Waals surface area contributed by atoms with Crippen LogP contribution >= 0.6 is 11.8 Å². The second-order valence-corrected chi connectivity index (χ2v) is 6.67. The number of carbonyl (C=O) groups is 1. The zero-order chi connectivity index (χ0) is 18.7. The Hall–Kier alpha value is -2.54. The summed E-state index contributed by atoms with van der Waals surface area (Å²) in [6.45, 7) is 1.95. The van der Waals surface area contributed by atoms with E-state index in [0.29, 0.717) is 5.03 Å². The van der Waals surface area contributed by atoms with Gasteiger partial charge in [0.15, 0.2) is 0 Å². The lowest BCUT2D eigenvalue weighted by atomic mass is 10.1. The van der Waals surface area contributed by atoms with Crippen molar-refractivity contribution in [3.8, 4) is 0 Å². The third-order valence-electron chi connectivity index (χ3n) is 3.76. The molecule has 0 atom stereocenters. The molecule has 0 radical (unpaired) electrons. The maximum Gasteiger partial charge on any atom is 0.418 e. The van der Waals surface area contributed by atoms with Crippen LogP contribution in [0, 0.1) is 6.92 Å². The number of nitrogens with zero attached hydrogens (tertiary/aromatic N) is 1. The summed E-state index contributed by atoms with van der Waals surface area (Å²) in [5.74, 6) is -0.545. The van der Waals surface area contributed by atoms with Crippen LogP contribution in [0.15, 0.2) is 59.6 Å². The fraction of sp³-hybridized carbons (Fsp3) is 0.158. The van der Waals surface area contributed by atoms with Crippen LogP contribution in [-0.4, -0.2) is 16.6 Å². The summed E-state index contributed by atoms with van der Waals surface area (Å²) in [5, 5.41) is 4.01. The van der Waals surface area contributed by atoms with Crippen LogP contribution < -0.4 is 5.32 Å². The van der Waals surface area contributed by atoms with Crippen LogP contribution in [-0.2, 0) is 11.0 Å². The molecule has 3 nitrogen and oxygen atoms in total. The fourth-order valence-corrected chi connectivity index (χ4v) is 3.33. The number of halogens is 3. The topological polar surface area (TPSA) is 42.0 Å². The molecular formula is C19H15F3N2OS. The van der Waals surface area contributed by atoms with Crippen LogP contribution in [0.3, 0.4) is 0 Å². The summed E-state index contributed by atoms with van der Waals surface area (Å²) in [6, 6.07) is 14.4. The van der Waals surface area contributed by atoms with E-state index < -0.39 is 17.6 Å². The van der Waals surface area contributed by atoms with Crippen molar-refractivity contribution >= 4 is 34.3 Å². The lowest BCUT2D eigenvalue weighted by Gasteiger charge is -2.13. The minimum atomic E-state index is -4.52. The molecule has 0 spiro atoms. The van der Waals surface area contributed by atoms with Gasteiger partial charge in [-0.2, -0.15) is 13.2 Å². The highest BCUT2D eigenvalue weighted by Crippen LogP contribution is 2.34. The molecule has 0 unspecified atom stereocenters. The monoisotopic (exact) mass is 376 g/mol. The molecule has 1 N–H and O–H groups in total. The summed E-state index contributed by atoms with van der Waals surface area (Å²) >= 11 is 1.19. The number of carbonyl (C=O) groups excluding carboxylic acids is 1. The van der Waals surface area contributed by atoms with Gasteiger partial charge in [0, 0.05) is 5.39 Å². The second kappa shape index (κ2) is 7.37. The van der Waals surface area contributed by atoms with E-state index in [2.05, 4.69) is 10.3 Å². The van der Waals surface area contributed by atoms with Crippen molar-refractivity contribution < 1.29 is 18.0 Å². The first-order valence-corrected chi connectivity index (χ1v) is 8.78. The Balaban J connectivity index is 1.71. The molecule has 26 heavy (non-hydrogen) atoms. The molecule has 2 aromatic carbocycles. The molecule has 0 aliphatic carbocycles. The first-order chi connectivity index (χ1) is 12.3. The van der Waals surface area contributed by atoms with Crippen LogP contribution in [0.1, 0.15) is 11.1 Å². The first-order valence-electron chi connectivity index (χ1n) is 7.80. The number of anilines is 1. The van der Waals surface area contributed by atoms with Gasteiger partial charge >= 0.3 is 6.18 Å². The lowest BCUT2D eigenvalue weighted by Crippen LogP contribution is -2.18.